The summed E-state index contributed by atoms with van der Waals surface area (Å²) in [5.41, 5.74) is 0. The largest absolute Gasteiger partial charge is 0.481 e. The van der Waals surface area contributed by atoms with E-state index in [1.165, 1.54) is 0 Å². The van der Waals surface area contributed by atoms with Gasteiger partial charge in [0.15, 0.2) is 0 Å². The maximum absolute atomic E-state index is 9.76. The molecule has 0 radical (unpaired) electrons. The van der Waals surface area contributed by atoms with Gasteiger partial charge in [-0.3, -0.25) is 4.79 Å². The number of halogens is 3. The van der Waals surface area contributed by atoms with Crippen LogP contribution in [0.4, 0.5) is 0 Å². The standard InChI is InChI=1S/C3H3Cl3O2/c4-3(5,6)1-2(7)8/h1H2,(H,7,8). The molecule has 48 valence electrons. The summed E-state index contributed by atoms with van der Waals surface area (Å²) in [5, 5.41) is 8.00. The van der Waals surface area contributed by atoms with Crippen molar-refractivity contribution in [3.8, 4) is 0 Å². The van der Waals surface area contributed by atoms with E-state index in [4.69, 9.17) is 39.9 Å². The Morgan fingerprint density at radius 2 is 1.88 bits per heavy atom. The molecule has 0 aliphatic heterocycles. The molecule has 2 nitrogen and oxygen atoms in total. The highest BCUT2D eigenvalue weighted by Crippen LogP contribution is 2.29. The predicted molar refractivity (Wildman–Crippen MR) is 32.5 cm³/mol. The van der Waals surface area contributed by atoms with Crippen LogP contribution in [0.25, 0.3) is 0 Å². The average Bonchev–Trinajstić information content (AvgIpc) is 1.21. The van der Waals surface area contributed by atoms with Gasteiger partial charge in [-0.1, -0.05) is 34.8 Å². The molecule has 0 saturated carbocycles. The first-order chi connectivity index (χ1) is 3.42. The van der Waals surface area contributed by atoms with E-state index >= 15 is 0 Å². The van der Waals surface area contributed by atoms with Gasteiger partial charge in [0, 0.05) is 0 Å². The summed E-state index contributed by atoms with van der Waals surface area (Å²) < 4.78 is -1.66. The molecule has 0 fully saturated rings. The van der Waals surface area contributed by atoms with E-state index in [1.807, 2.05) is 0 Å². The second-order valence-electron chi connectivity index (χ2n) is 1.19. The van der Waals surface area contributed by atoms with Gasteiger partial charge in [0.1, 0.15) is 0 Å². The van der Waals surface area contributed by atoms with E-state index in [1.54, 1.807) is 0 Å². The fourth-order valence-electron chi connectivity index (χ4n) is 0.171. The van der Waals surface area contributed by atoms with Crippen LogP contribution in [0.3, 0.4) is 0 Å². The van der Waals surface area contributed by atoms with Gasteiger partial charge in [-0.25, -0.2) is 0 Å². The highest BCUT2D eigenvalue weighted by molar-refractivity contribution is 6.68. The Kier molecular flexibility index (Phi) is 2.88. The molecule has 0 rings (SSSR count). The lowest BCUT2D eigenvalue weighted by Gasteiger charge is -2.03. The highest BCUT2D eigenvalue weighted by Gasteiger charge is 2.23. The number of carbonyl (C=O) groups is 1. The van der Waals surface area contributed by atoms with Gasteiger partial charge in [-0.2, -0.15) is 0 Å². The Balaban J connectivity index is 3.55. The first-order valence-corrected chi connectivity index (χ1v) is 2.84. The molecule has 0 amide bonds. The van der Waals surface area contributed by atoms with Gasteiger partial charge < -0.3 is 5.11 Å². The van der Waals surface area contributed by atoms with Crippen LogP contribution in [-0.2, 0) is 4.79 Å². The number of carboxylic acids is 1. The Morgan fingerprint density at radius 3 is 1.88 bits per heavy atom. The van der Waals surface area contributed by atoms with Crippen LogP contribution in [0.2, 0.25) is 0 Å². The van der Waals surface area contributed by atoms with Crippen LogP contribution in [-0.4, -0.2) is 14.9 Å². The zero-order chi connectivity index (χ0) is 6.78. The molecule has 0 aromatic rings. The minimum Gasteiger partial charge on any atom is -0.481 e. The summed E-state index contributed by atoms with van der Waals surface area (Å²) in [6, 6.07) is 0. The van der Waals surface area contributed by atoms with Gasteiger partial charge in [-0.15, -0.1) is 0 Å². The molecule has 1 N–H and O–H groups in total. The number of aliphatic carboxylic acids is 1. The summed E-state index contributed by atoms with van der Waals surface area (Å²) in [7, 11) is 0. The Bertz CT molecular complexity index is 95.2. The molecule has 0 spiro atoms. The summed E-state index contributed by atoms with van der Waals surface area (Å²) in [5.74, 6) is -1.12. The van der Waals surface area contributed by atoms with Crippen molar-refractivity contribution in [1.29, 1.82) is 0 Å². The Morgan fingerprint density at radius 1 is 1.50 bits per heavy atom. The van der Waals surface area contributed by atoms with E-state index in [9.17, 15) is 4.79 Å². The van der Waals surface area contributed by atoms with Crippen molar-refractivity contribution in [2.45, 2.75) is 10.2 Å². The Hall–Kier alpha value is 0.340. The van der Waals surface area contributed by atoms with Crippen LogP contribution in [0.1, 0.15) is 6.42 Å². The maximum Gasteiger partial charge on any atom is 0.307 e. The third kappa shape index (κ3) is 6.34. The lowest BCUT2D eigenvalue weighted by atomic mass is 10.5. The molecule has 0 unspecified atom stereocenters. The zero-order valence-corrected chi connectivity index (χ0v) is 5.96. The van der Waals surface area contributed by atoms with Crippen molar-refractivity contribution >= 4 is 40.8 Å². The molecule has 0 heterocycles. The quantitative estimate of drug-likeness (QED) is 0.621. The van der Waals surface area contributed by atoms with E-state index in [-0.39, 0.29) is 0 Å². The first kappa shape index (κ1) is 8.34. The maximum atomic E-state index is 9.76. The fraction of sp³-hybridized carbons (Fsp3) is 0.667. The molecular weight excluding hydrogens is 174 g/mol. The average molecular weight is 177 g/mol. The first-order valence-electron chi connectivity index (χ1n) is 1.70. The molecule has 0 aromatic heterocycles. The van der Waals surface area contributed by atoms with E-state index in [0.717, 1.165) is 0 Å². The molecule has 0 bridgehead atoms. The minimum absolute atomic E-state index is 0.461. The summed E-state index contributed by atoms with van der Waals surface area (Å²) in [4.78, 5) is 9.76. The zero-order valence-electron chi connectivity index (χ0n) is 3.70. The van der Waals surface area contributed by atoms with Crippen molar-refractivity contribution < 1.29 is 9.90 Å². The smallest absolute Gasteiger partial charge is 0.307 e. The van der Waals surface area contributed by atoms with Crippen molar-refractivity contribution in [2.24, 2.45) is 0 Å². The van der Waals surface area contributed by atoms with Crippen LogP contribution in [0.15, 0.2) is 0 Å². The third-order valence-electron chi connectivity index (χ3n) is 0.352. The topological polar surface area (TPSA) is 37.3 Å². The third-order valence-corrected chi connectivity index (χ3v) is 0.753. The highest BCUT2D eigenvalue weighted by atomic mass is 35.6. The van der Waals surface area contributed by atoms with Crippen LogP contribution >= 0.6 is 34.8 Å². The summed E-state index contributed by atoms with van der Waals surface area (Å²) in [6.45, 7) is 0. The predicted octanol–water partition coefficient (Wildman–Crippen LogP) is 1.83. The van der Waals surface area contributed by atoms with Crippen molar-refractivity contribution in [3.05, 3.63) is 0 Å². The molecule has 0 aliphatic carbocycles. The lowest BCUT2D eigenvalue weighted by molar-refractivity contribution is -0.136. The monoisotopic (exact) mass is 176 g/mol. The van der Waals surface area contributed by atoms with E-state index < -0.39 is 16.2 Å². The SMILES string of the molecule is O=C(O)CC(Cl)(Cl)Cl. The summed E-state index contributed by atoms with van der Waals surface area (Å²) in [6.07, 6.45) is -0.461. The number of rotatable bonds is 1. The number of alkyl halides is 3. The molecule has 8 heavy (non-hydrogen) atoms. The number of hydrogen-bond acceptors (Lipinski definition) is 1. The number of carboxylic acid groups (broad SMARTS) is 1. The molecular formula is C3H3Cl3O2. The second-order valence-corrected chi connectivity index (χ2v) is 3.70. The minimum atomic E-state index is -1.66. The van der Waals surface area contributed by atoms with Crippen LogP contribution in [0.5, 0.6) is 0 Å². The van der Waals surface area contributed by atoms with Crippen LogP contribution in [0, 0.1) is 0 Å². The van der Waals surface area contributed by atoms with Gasteiger partial charge in [-0.05, 0) is 0 Å². The molecule has 0 aromatic carbocycles. The normalized spacial score (nSPS) is 11.4. The molecule has 5 heteroatoms. The van der Waals surface area contributed by atoms with Crippen molar-refractivity contribution in [2.75, 3.05) is 0 Å². The Labute approximate surface area is 61.3 Å². The van der Waals surface area contributed by atoms with Crippen molar-refractivity contribution in [3.63, 3.8) is 0 Å². The summed E-state index contributed by atoms with van der Waals surface area (Å²) >= 11 is 15.2. The molecule has 0 aliphatic rings. The molecule has 0 saturated heterocycles. The van der Waals surface area contributed by atoms with E-state index in [2.05, 4.69) is 0 Å². The lowest BCUT2D eigenvalue weighted by Crippen LogP contribution is -2.09. The molecule has 0 atom stereocenters. The van der Waals surface area contributed by atoms with Gasteiger partial charge in [0.25, 0.3) is 0 Å². The fourth-order valence-corrected chi connectivity index (χ4v) is 0.514. The van der Waals surface area contributed by atoms with Gasteiger partial charge in [0.05, 0.1) is 6.42 Å². The number of hydrogen-bond donors (Lipinski definition) is 1. The van der Waals surface area contributed by atoms with E-state index in [0.29, 0.717) is 0 Å². The van der Waals surface area contributed by atoms with Gasteiger partial charge >= 0.3 is 5.97 Å². The van der Waals surface area contributed by atoms with Gasteiger partial charge in [0.2, 0.25) is 3.79 Å². The van der Waals surface area contributed by atoms with Crippen LogP contribution < -0.4 is 0 Å². The second kappa shape index (κ2) is 2.76. The van der Waals surface area contributed by atoms with Crippen molar-refractivity contribution in [1.82, 2.24) is 0 Å².